The lowest BCUT2D eigenvalue weighted by Gasteiger charge is -2.11. The highest BCUT2D eigenvalue weighted by Gasteiger charge is 2.14. The maximum absolute atomic E-state index is 15.2. The fourth-order valence-electron chi connectivity index (χ4n) is 4.59. The molecule has 0 saturated heterocycles. The summed E-state index contributed by atoms with van der Waals surface area (Å²) in [5, 5.41) is 1.08. The number of hydrogen-bond acceptors (Lipinski definition) is 1. The van der Waals surface area contributed by atoms with Gasteiger partial charge in [0.25, 0.3) is 0 Å². The Morgan fingerprint density at radius 2 is 1.32 bits per heavy atom. The fourth-order valence-corrected chi connectivity index (χ4v) is 4.59. The molecule has 0 saturated carbocycles. The molecule has 0 radical (unpaired) electrons. The summed E-state index contributed by atoms with van der Waals surface area (Å²) >= 11 is 0. The third-order valence-corrected chi connectivity index (χ3v) is 6.68. The first-order chi connectivity index (χ1) is 18.2. The lowest BCUT2D eigenvalue weighted by atomic mass is 9.96. The average molecular weight is 531 g/mol. The Kier molecular flexibility index (Phi) is 8.97. The molecule has 0 fully saturated rings. The Labute approximate surface area is 218 Å². The summed E-state index contributed by atoms with van der Waals surface area (Å²) in [6.07, 6.45) is 3.64. The van der Waals surface area contributed by atoms with Gasteiger partial charge < -0.3 is 4.74 Å². The minimum Gasteiger partial charge on any atom is -0.432 e. The second kappa shape index (κ2) is 12.4. The molecule has 0 aliphatic heterocycles. The monoisotopic (exact) mass is 530 g/mol. The van der Waals surface area contributed by atoms with Crippen LogP contribution in [0.1, 0.15) is 47.6 Å². The smallest absolute Gasteiger partial charge is 0.387 e. The normalized spacial score (nSPS) is 11.5. The van der Waals surface area contributed by atoms with Gasteiger partial charge in [-0.15, -0.1) is 0 Å². The van der Waals surface area contributed by atoms with Gasteiger partial charge in [-0.1, -0.05) is 49.7 Å². The van der Waals surface area contributed by atoms with Gasteiger partial charge in [0, 0.05) is 10.9 Å². The van der Waals surface area contributed by atoms with E-state index in [0.29, 0.717) is 46.7 Å². The molecule has 4 rings (SSSR count). The Balaban J connectivity index is 1.43. The van der Waals surface area contributed by atoms with Crippen molar-refractivity contribution in [3.05, 3.63) is 112 Å². The van der Waals surface area contributed by atoms with Gasteiger partial charge in [0.1, 0.15) is 17.5 Å². The van der Waals surface area contributed by atoms with Gasteiger partial charge in [-0.2, -0.15) is 8.78 Å². The number of unbranched alkanes of at least 4 members (excludes halogenated alkanes) is 1. The van der Waals surface area contributed by atoms with E-state index in [-0.39, 0.29) is 18.4 Å². The first-order valence-electron chi connectivity index (χ1n) is 12.6. The van der Waals surface area contributed by atoms with Crippen LogP contribution in [0.3, 0.4) is 0 Å². The molecule has 4 aromatic carbocycles. The van der Waals surface area contributed by atoms with Gasteiger partial charge in [-0.05, 0) is 90.4 Å². The standard InChI is InChI=1S/C31H28F6O/c1-2-3-4-21-17-26(32)25(27(33)18-21)13-7-19-6-12-24-23(15-19)11-10-22(30(24)35)9-5-20-8-14-29(28(34)16-20)38-31(36)37/h6,8,10-12,14-18,31H,2-5,7,9,13H2,1H3. The van der Waals surface area contributed by atoms with Crippen LogP contribution in [0.5, 0.6) is 5.75 Å². The van der Waals surface area contributed by atoms with Crippen LogP contribution in [-0.4, -0.2) is 6.61 Å². The molecule has 0 aromatic heterocycles. The molecule has 200 valence electrons. The molecule has 0 amide bonds. The van der Waals surface area contributed by atoms with E-state index in [1.807, 2.05) is 13.0 Å². The van der Waals surface area contributed by atoms with Crippen molar-refractivity contribution in [1.82, 2.24) is 0 Å². The van der Waals surface area contributed by atoms with Crippen LogP contribution in [0.4, 0.5) is 26.3 Å². The fraction of sp³-hybridized carbons (Fsp3) is 0.290. The molecule has 0 spiro atoms. The molecule has 0 unspecified atom stereocenters. The number of aryl methyl sites for hydroxylation is 4. The van der Waals surface area contributed by atoms with Crippen molar-refractivity contribution in [3.63, 3.8) is 0 Å². The van der Waals surface area contributed by atoms with Crippen LogP contribution in [0.25, 0.3) is 10.8 Å². The summed E-state index contributed by atoms with van der Waals surface area (Å²) in [4.78, 5) is 0. The number of ether oxygens (including phenoxy) is 1. The Hall–Kier alpha value is -3.48. The molecule has 0 aliphatic rings. The Morgan fingerprint density at radius 1 is 0.658 bits per heavy atom. The van der Waals surface area contributed by atoms with E-state index in [4.69, 9.17) is 0 Å². The van der Waals surface area contributed by atoms with Crippen molar-refractivity contribution < 1.29 is 31.1 Å². The third-order valence-electron chi connectivity index (χ3n) is 6.68. The molecule has 4 aromatic rings. The molecular formula is C31H28F6O. The van der Waals surface area contributed by atoms with Gasteiger partial charge in [0.05, 0.1) is 0 Å². The van der Waals surface area contributed by atoms with Crippen molar-refractivity contribution in [1.29, 1.82) is 0 Å². The first-order valence-corrected chi connectivity index (χ1v) is 12.6. The topological polar surface area (TPSA) is 9.23 Å². The lowest BCUT2D eigenvalue weighted by Crippen LogP contribution is -2.04. The number of benzene rings is 4. The van der Waals surface area contributed by atoms with Crippen LogP contribution in [0.15, 0.2) is 60.7 Å². The summed E-state index contributed by atoms with van der Waals surface area (Å²) in [5.74, 6) is -2.91. The minimum absolute atomic E-state index is 0.0529. The number of rotatable bonds is 11. The average Bonchev–Trinajstić information content (AvgIpc) is 2.88. The highest BCUT2D eigenvalue weighted by Crippen LogP contribution is 2.26. The summed E-state index contributed by atoms with van der Waals surface area (Å²) in [6, 6.07) is 15.2. The molecule has 38 heavy (non-hydrogen) atoms. The SMILES string of the molecule is CCCCc1cc(F)c(CCc2ccc3c(F)c(CCc4ccc(OC(F)F)c(F)c4)ccc3c2)c(F)c1. The van der Waals surface area contributed by atoms with Crippen molar-refractivity contribution >= 4 is 10.8 Å². The van der Waals surface area contributed by atoms with Gasteiger partial charge in [-0.3, -0.25) is 0 Å². The van der Waals surface area contributed by atoms with Gasteiger partial charge in [-0.25, -0.2) is 17.6 Å². The zero-order valence-electron chi connectivity index (χ0n) is 21.0. The van der Waals surface area contributed by atoms with E-state index in [0.717, 1.165) is 30.5 Å². The number of halogens is 6. The molecule has 0 bridgehead atoms. The molecule has 0 N–H and O–H groups in total. The molecular weight excluding hydrogens is 502 g/mol. The molecule has 7 heteroatoms. The predicted octanol–water partition coefficient (Wildman–Crippen LogP) is 8.91. The van der Waals surface area contributed by atoms with Crippen LogP contribution in [0.2, 0.25) is 0 Å². The first kappa shape index (κ1) is 27.6. The zero-order chi connectivity index (χ0) is 27.2. The molecule has 0 aliphatic carbocycles. The van der Waals surface area contributed by atoms with Crippen LogP contribution in [0, 0.1) is 23.3 Å². The van der Waals surface area contributed by atoms with E-state index in [2.05, 4.69) is 4.74 Å². The maximum Gasteiger partial charge on any atom is 0.387 e. The highest BCUT2D eigenvalue weighted by atomic mass is 19.3. The van der Waals surface area contributed by atoms with Gasteiger partial charge in [0.2, 0.25) is 0 Å². The van der Waals surface area contributed by atoms with Crippen LogP contribution >= 0.6 is 0 Å². The van der Waals surface area contributed by atoms with Crippen LogP contribution < -0.4 is 4.74 Å². The largest absolute Gasteiger partial charge is 0.432 e. The minimum atomic E-state index is -3.12. The maximum atomic E-state index is 15.2. The third kappa shape index (κ3) is 6.69. The van der Waals surface area contributed by atoms with E-state index in [1.165, 1.54) is 18.2 Å². The quantitative estimate of drug-likeness (QED) is 0.176. The number of hydrogen-bond donors (Lipinski definition) is 0. The van der Waals surface area contributed by atoms with Crippen molar-refractivity contribution in [2.24, 2.45) is 0 Å². The Bertz CT molecular complexity index is 1390. The summed E-state index contributed by atoms with van der Waals surface area (Å²) in [5.41, 5.74) is 2.50. The number of fused-ring (bicyclic) bond motifs is 1. The van der Waals surface area contributed by atoms with Crippen molar-refractivity contribution in [3.8, 4) is 5.75 Å². The number of alkyl halides is 2. The van der Waals surface area contributed by atoms with Gasteiger partial charge in [0.15, 0.2) is 11.6 Å². The van der Waals surface area contributed by atoms with E-state index in [1.54, 1.807) is 24.3 Å². The second-order valence-corrected chi connectivity index (χ2v) is 9.38. The highest BCUT2D eigenvalue weighted by molar-refractivity contribution is 5.84. The molecule has 1 nitrogen and oxygen atoms in total. The molecule has 0 atom stereocenters. The molecule has 0 heterocycles. The van der Waals surface area contributed by atoms with E-state index in [9.17, 15) is 22.0 Å². The van der Waals surface area contributed by atoms with Crippen molar-refractivity contribution in [2.75, 3.05) is 0 Å². The Morgan fingerprint density at radius 3 is 2.00 bits per heavy atom. The lowest BCUT2D eigenvalue weighted by molar-refractivity contribution is -0.0522. The summed E-state index contributed by atoms with van der Waals surface area (Å²) < 4.78 is 86.9. The summed E-state index contributed by atoms with van der Waals surface area (Å²) in [7, 11) is 0. The van der Waals surface area contributed by atoms with Crippen LogP contribution in [-0.2, 0) is 32.1 Å². The second-order valence-electron chi connectivity index (χ2n) is 9.38. The van der Waals surface area contributed by atoms with Crippen molar-refractivity contribution in [2.45, 2.75) is 58.5 Å². The predicted molar refractivity (Wildman–Crippen MR) is 137 cm³/mol. The van der Waals surface area contributed by atoms with E-state index >= 15 is 4.39 Å². The zero-order valence-corrected chi connectivity index (χ0v) is 21.0. The van der Waals surface area contributed by atoms with Gasteiger partial charge >= 0.3 is 6.61 Å². The van der Waals surface area contributed by atoms with E-state index < -0.39 is 35.6 Å². The summed E-state index contributed by atoms with van der Waals surface area (Å²) in [6.45, 7) is -1.09.